The molecule has 1 aromatic carbocycles. The summed E-state index contributed by atoms with van der Waals surface area (Å²) in [5.74, 6) is -0.700. The summed E-state index contributed by atoms with van der Waals surface area (Å²) < 4.78 is 4.51. The van der Waals surface area contributed by atoms with E-state index < -0.39 is 10.9 Å². The van der Waals surface area contributed by atoms with Crippen molar-refractivity contribution in [3.05, 3.63) is 38.9 Å². The van der Waals surface area contributed by atoms with Crippen molar-refractivity contribution in [2.24, 2.45) is 0 Å². The number of carbonyl (C=O) groups excluding carboxylic acids is 1. The minimum Gasteiger partial charge on any atom is -0.465 e. The molecule has 1 aromatic rings. The van der Waals surface area contributed by atoms with Gasteiger partial charge in [-0.05, 0) is 24.1 Å². The van der Waals surface area contributed by atoms with Crippen molar-refractivity contribution in [3.8, 4) is 0 Å². The summed E-state index contributed by atoms with van der Waals surface area (Å²) in [4.78, 5) is 21.6. The van der Waals surface area contributed by atoms with Crippen LogP contribution in [0.25, 0.3) is 0 Å². The number of benzene rings is 1. The maximum absolute atomic E-state index is 11.4. The molecule has 0 unspecified atom stereocenters. The Hall–Kier alpha value is -1.43. The summed E-state index contributed by atoms with van der Waals surface area (Å²) >= 11 is 3.25. The van der Waals surface area contributed by atoms with Crippen LogP contribution in [0, 0.1) is 17.0 Å². The number of methoxy groups -OCH3 is 1. The molecule has 0 saturated heterocycles. The number of alkyl halides is 1. The molecular weight excluding hydrogens is 278 g/mol. The van der Waals surface area contributed by atoms with Crippen molar-refractivity contribution < 1.29 is 14.5 Å². The van der Waals surface area contributed by atoms with Crippen LogP contribution in [-0.2, 0) is 10.1 Å². The molecule has 0 spiro atoms. The smallest absolute Gasteiger partial charge is 0.344 e. The summed E-state index contributed by atoms with van der Waals surface area (Å²) in [6, 6.07) is 2.86. The summed E-state index contributed by atoms with van der Waals surface area (Å²) in [6.45, 7) is 1.75. The first kappa shape index (κ1) is 12.6. The van der Waals surface area contributed by atoms with Gasteiger partial charge in [-0.15, -0.1) is 0 Å². The van der Waals surface area contributed by atoms with Crippen LogP contribution in [0.3, 0.4) is 0 Å². The maximum atomic E-state index is 11.4. The van der Waals surface area contributed by atoms with Gasteiger partial charge >= 0.3 is 5.97 Å². The Morgan fingerprint density at radius 2 is 2.19 bits per heavy atom. The van der Waals surface area contributed by atoms with Crippen molar-refractivity contribution in [1.82, 2.24) is 0 Å². The third-order valence-electron chi connectivity index (χ3n) is 2.20. The lowest BCUT2D eigenvalue weighted by atomic mass is 10.0. The number of halogens is 1. The summed E-state index contributed by atoms with van der Waals surface area (Å²) in [5, 5.41) is 11.3. The highest BCUT2D eigenvalue weighted by atomic mass is 79.9. The molecule has 1 rings (SSSR count). The molecule has 0 aliphatic heterocycles. The first-order valence-corrected chi connectivity index (χ1v) is 5.55. The Kier molecular flexibility index (Phi) is 4.00. The maximum Gasteiger partial charge on any atom is 0.344 e. The molecular formula is C10H10BrNO4. The fraction of sp³-hybridized carbons (Fsp3) is 0.300. The SMILES string of the molecule is COC(=O)c1cc(CBr)c(C)cc1[N+](=O)[O-]. The van der Waals surface area contributed by atoms with Crippen LogP contribution >= 0.6 is 15.9 Å². The van der Waals surface area contributed by atoms with Gasteiger partial charge < -0.3 is 4.74 Å². The molecule has 6 heteroatoms. The number of esters is 1. The van der Waals surface area contributed by atoms with Crippen LogP contribution in [-0.4, -0.2) is 18.0 Å². The minimum atomic E-state index is -0.700. The van der Waals surface area contributed by atoms with Gasteiger partial charge in [0.1, 0.15) is 5.56 Å². The fourth-order valence-electron chi connectivity index (χ4n) is 1.31. The quantitative estimate of drug-likeness (QED) is 0.371. The first-order valence-electron chi connectivity index (χ1n) is 4.43. The fourth-order valence-corrected chi connectivity index (χ4v) is 1.91. The number of aryl methyl sites for hydroxylation is 1. The van der Waals surface area contributed by atoms with Gasteiger partial charge in [0.2, 0.25) is 0 Å². The molecule has 0 saturated carbocycles. The highest BCUT2D eigenvalue weighted by molar-refractivity contribution is 9.08. The third-order valence-corrected chi connectivity index (χ3v) is 2.80. The van der Waals surface area contributed by atoms with Crippen molar-refractivity contribution in [3.63, 3.8) is 0 Å². The molecule has 0 bridgehead atoms. The summed E-state index contributed by atoms with van der Waals surface area (Å²) in [5.41, 5.74) is 1.34. The van der Waals surface area contributed by atoms with Crippen molar-refractivity contribution >= 4 is 27.6 Å². The second kappa shape index (κ2) is 5.07. The second-order valence-electron chi connectivity index (χ2n) is 3.18. The lowest BCUT2D eigenvalue weighted by molar-refractivity contribution is -0.385. The number of nitro benzene ring substituents is 1. The third kappa shape index (κ3) is 2.38. The molecule has 0 N–H and O–H groups in total. The minimum absolute atomic E-state index is 0.0208. The molecule has 0 heterocycles. The lowest BCUT2D eigenvalue weighted by Gasteiger charge is -2.06. The van der Waals surface area contributed by atoms with Crippen LogP contribution in [0.1, 0.15) is 21.5 Å². The van der Waals surface area contributed by atoms with Crippen LogP contribution in [0.15, 0.2) is 12.1 Å². The highest BCUT2D eigenvalue weighted by Crippen LogP contribution is 2.25. The van der Waals surface area contributed by atoms with Crippen LogP contribution in [0.5, 0.6) is 0 Å². The zero-order valence-corrected chi connectivity index (χ0v) is 10.4. The largest absolute Gasteiger partial charge is 0.465 e. The van der Waals surface area contributed by atoms with Gasteiger partial charge in [0.25, 0.3) is 5.69 Å². The van der Waals surface area contributed by atoms with Crippen LogP contribution in [0.4, 0.5) is 5.69 Å². The molecule has 0 fully saturated rings. The van der Waals surface area contributed by atoms with Crippen molar-refractivity contribution in [2.75, 3.05) is 7.11 Å². The summed E-state index contributed by atoms with van der Waals surface area (Å²) in [6.07, 6.45) is 0. The van der Waals surface area contributed by atoms with Crippen LogP contribution < -0.4 is 0 Å². The van der Waals surface area contributed by atoms with Gasteiger partial charge in [0.05, 0.1) is 12.0 Å². The standard InChI is InChI=1S/C10H10BrNO4/c1-6-3-9(12(14)15)8(10(13)16-2)4-7(6)5-11/h3-4H,5H2,1-2H3. The van der Waals surface area contributed by atoms with E-state index in [2.05, 4.69) is 20.7 Å². The molecule has 16 heavy (non-hydrogen) atoms. The van der Waals surface area contributed by atoms with E-state index in [-0.39, 0.29) is 11.3 Å². The van der Waals surface area contributed by atoms with Gasteiger partial charge in [-0.25, -0.2) is 4.79 Å². The van der Waals surface area contributed by atoms with Crippen LogP contribution in [0.2, 0.25) is 0 Å². The Balaban J connectivity index is 3.42. The Morgan fingerprint density at radius 3 is 2.62 bits per heavy atom. The number of carbonyl (C=O) groups is 1. The van der Waals surface area contributed by atoms with E-state index in [0.29, 0.717) is 5.33 Å². The van der Waals surface area contributed by atoms with E-state index in [0.717, 1.165) is 11.1 Å². The van der Waals surface area contributed by atoms with Crippen molar-refractivity contribution in [1.29, 1.82) is 0 Å². The van der Waals surface area contributed by atoms with Gasteiger partial charge in [0, 0.05) is 11.4 Å². The Bertz CT molecular complexity index is 445. The lowest BCUT2D eigenvalue weighted by Crippen LogP contribution is -2.07. The first-order chi connectivity index (χ1) is 7.51. The number of hydrogen-bond acceptors (Lipinski definition) is 4. The average molecular weight is 288 g/mol. The van der Waals surface area contributed by atoms with E-state index in [1.54, 1.807) is 6.92 Å². The Morgan fingerprint density at radius 1 is 1.56 bits per heavy atom. The van der Waals surface area contributed by atoms with Gasteiger partial charge in [0.15, 0.2) is 0 Å². The van der Waals surface area contributed by atoms with E-state index in [4.69, 9.17) is 0 Å². The molecule has 5 nitrogen and oxygen atoms in total. The molecule has 0 atom stereocenters. The molecule has 0 radical (unpaired) electrons. The summed E-state index contributed by atoms with van der Waals surface area (Å²) in [7, 11) is 1.19. The number of nitro groups is 1. The molecule has 0 amide bonds. The van der Waals surface area contributed by atoms with E-state index in [1.165, 1.54) is 19.2 Å². The predicted molar refractivity (Wildman–Crippen MR) is 61.8 cm³/mol. The normalized spacial score (nSPS) is 9.94. The molecule has 0 aliphatic rings. The predicted octanol–water partition coefficient (Wildman–Crippen LogP) is 2.58. The number of ether oxygens (including phenoxy) is 1. The van der Waals surface area contributed by atoms with Gasteiger partial charge in [-0.1, -0.05) is 15.9 Å². The topological polar surface area (TPSA) is 69.4 Å². The van der Waals surface area contributed by atoms with Gasteiger partial charge in [-0.3, -0.25) is 10.1 Å². The zero-order chi connectivity index (χ0) is 12.3. The second-order valence-corrected chi connectivity index (χ2v) is 3.74. The Labute approximate surface area is 101 Å². The number of hydrogen-bond donors (Lipinski definition) is 0. The van der Waals surface area contributed by atoms with Crippen molar-refractivity contribution in [2.45, 2.75) is 12.3 Å². The van der Waals surface area contributed by atoms with E-state index >= 15 is 0 Å². The zero-order valence-electron chi connectivity index (χ0n) is 8.82. The molecule has 86 valence electrons. The average Bonchev–Trinajstić information content (AvgIpc) is 2.27. The van der Waals surface area contributed by atoms with Gasteiger partial charge in [-0.2, -0.15) is 0 Å². The highest BCUT2D eigenvalue weighted by Gasteiger charge is 2.22. The number of nitrogens with zero attached hydrogens (tertiary/aromatic N) is 1. The van der Waals surface area contributed by atoms with E-state index in [9.17, 15) is 14.9 Å². The molecule has 0 aromatic heterocycles. The number of rotatable bonds is 3. The van der Waals surface area contributed by atoms with E-state index in [1.807, 2.05) is 0 Å². The monoisotopic (exact) mass is 287 g/mol. The molecule has 0 aliphatic carbocycles.